The lowest BCUT2D eigenvalue weighted by Crippen LogP contribution is -2.30. The molecule has 1 aliphatic heterocycles. The maximum absolute atomic E-state index is 4.55. The van der Waals surface area contributed by atoms with Crippen LogP contribution in [0.4, 0.5) is 0 Å². The average Bonchev–Trinajstić information content (AvgIpc) is 2.44. The highest BCUT2D eigenvalue weighted by Gasteiger charge is 2.17. The Hall–Kier alpha value is -0.900. The predicted molar refractivity (Wildman–Crippen MR) is 54.9 cm³/mol. The Bertz CT molecular complexity index is 316. The molecule has 0 spiro atoms. The standard InChI is InChI=1S/C10H18N4/c1-8(2)6-9-11-10-7-13(3)4-5-14(10)12-9/h8H,4-7H2,1-3H3. The van der Waals surface area contributed by atoms with Gasteiger partial charge in [0.05, 0.1) is 13.1 Å². The molecule has 14 heavy (non-hydrogen) atoms. The maximum Gasteiger partial charge on any atom is 0.151 e. The van der Waals surface area contributed by atoms with Crippen molar-refractivity contribution in [3.05, 3.63) is 11.6 Å². The lowest BCUT2D eigenvalue weighted by atomic mass is 10.1. The minimum Gasteiger partial charge on any atom is -0.297 e. The normalized spacial score (nSPS) is 17.4. The van der Waals surface area contributed by atoms with Crippen LogP contribution >= 0.6 is 0 Å². The second-order valence-electron chi connectivity index (χ2n) is 4.50. The summed E-state index contributed by atoms with van der Waals surface area (Å²) in [5.41, 5.74) is 0. The first kappa shape index (κ1) is 9.65. The van der Waals surface area contributed by atoms with Crippen LogP contribution < -0.4 is 0 Å². The van der Waals surface area contributed by atoms with Crippen molar-refractivity contribution in [2.45, 2.75) is 33.4 Å². The van der Waals surface area contributed by atoms with E-state index in [-0.39, 0.29) is 0 Å². The second kappa shape index (κ2) is 3.69. The van der Waals surface area contributed by atoms with Crippen molar-refractivity contribution in [1.29, 1.82) is 0 Å². The fourth-order valence-electron chi connectivity index (χ4n) is 1.76. The van der Waals surface area contributed by atoms with Gasteiger partial charge in [0.15, 0.2) is 5.82 Å². The lowest BCUT2D eigenvalue weighted by molar-refractivity contribution is 0.254. The van der Waals surface area contributed by atoms with Crippen molar-refractivity contribution >= 4 is 0 Å². The van der Waals surface area contributed by atoms with Gasteiger partial charge in [0.2, 0.25) is 0 Å². The van der Waals surface area contributed by atoms with Gasteiger partial charge in [-0.25, -0.2) is 9.67 Å². The number of hydrogen-bond donors (Lipinski definition) is 0. The molecule has 0 amide bonds. The van der Waals surface area contributed by atoms with Crippen LogP contribution in [0.2, 0.25) is 0 Å². The number of nitrogens with zero attached hydrogens (tertiary/aromatic N) is 4. The second-order valence-corrected chi connectivity index (χ2v) is 4.50. The zero-order chi connectivity index (χ0) is 10.1. The third-order valence-electron chi connectivity index (χ3n) is 2.49. The van der Waals surface area contributed by atoms with Crippen LogP contribution in [0.5, 0.6) is 0 Å². The van der Waals surface area contributed by atoms with Gasteiger partial charge in [-0.15, -0.1) is 0 Å². The Labute approximate surface area is 84.9 Å². The Balaban J connectivity index is 2.15. The minimum atomic E-state index is 0.636. The molecule has 0 N–H and O–H groups in total. The van der Waals surface area contributed by atoms with Crippen molar-refractivity contribution < 1.29 is 0 Å². The van der Waals surface area contributed by atoms with Gasteiger partial charge in [-0.1, -0.05) is 13.8 Å². The van der Waals surface area contributed by atoms with Gasteiger partial charge in [-0.2, -0.15) is 5.10 Å². The summed E-state index contributed by atoms with van der Waals surface area (Å²) in [4.78, 5) is 6.83. The van der Waals surface area contributed by atoms with Gasteiger partial charge in [-0.05, 0) is 13.0 Å². The molecular formula is C10H18N4. The minimum absolute atomic E-state index is 0.636. The zero-order valence-electron chi connectivity index (χ0n) is 9.19. The number of rotatable bonds is 2. The van der Waals surface area contributed by atoms with E-state index < -0.39 is 0 Å². The third kappa shape index (κ3) is 1.95. The topological polar surface area (TPSA) is 34.0 Å². The number of likely N-dealkylation sites (N-methyl/N-ethyl adjacent to an activating group) is 1. The SMILES string of the molecule is CC(C)Cc1nc2n(n1)CCN(C)C2. The first-order valence-corrected chi connectivity index (χ1v) is 5.26. The summed E-state index contributed by atoms with van der Waals surface area (Å²) < 4.78 is 2.05. The quantitative estimate of drug-likeness (QED) is 0.702. The molecule has 0 aliphatic carbocycles. The van der Waals surface area contributed by atoms with Crippen LogP contribution in [0.3, 0.4) is 0 Å². The molecule has 0 bridgehead atoms. The largest absolute Gasteiger partial charge is 0.297 e. The van der Waals surface area contributed by atoms with E-state index >= 15 is 0 Å². The highest BCUT2D eigenvalue weighted by molar-refractivity contribution is 4.96. The molecule has 78 valence electrons. The molecule has 0 saturated heterocycles. The van der Waals surface area contributed by atoms with Crippen molar-refractivity contribution in [3.63, 3.8) is 0 Å². The average molecular weight is 194 g/mol. The first-order valence-electron chi connectivity index (χ1n) is 5.26. The Morgan fingerprint density at radius 3 is 2.86 bits per heavy atom. The van der Waals surface area contributed by atoms with Gasteiger partial charge < -0.3 is 0 Å². The molecule has 4 heteroatoms. The van der Waals surface area contributed by atoms with Gasteiger partial charge >= 0.3 is 0 Å². The van der Waals surface area contributed by atoms with Crippen LogP contribution in [0.25, 0.3) is 0 Å². The van der Waals surface area contributed by atoms with Crippen LogP contribution in [0.1, 0.15) is 25.5 Å². The van der Waals surface area contributed by atoms with E-state index in [4.69, 9.17) is 0 Å². The van der Waals surface area contributed by atoms with E-state index in [0.717, 1.165) is 37.7 Å². The van der Waals surface area contributed by atoms with E-state index in [0.29, 0.717) is 5.92 Å². The highest BCUT2D eigenvalue weighted by atomic mass is 15.4. The van der Waals surface area contributed by atoms with Crippen LogP contribution in [-0.2, 0) is 19.5 Å². The molecule has 1 aromatic rings. The molecule has 0 saturated carbocycles. The molecule has 0 unspecified atom stereocenters. The fourth-order valence-corrected chi connectivity index (χ4v) is 1.76. The summed E-state index contributed by atoms with van der Waals surface area (Å²) in [6.45, 7) is 7.40. The van der Waals surface area contributed by atoms with Crippen LogP contribution in [-0.4, -0.2) is 33.3 Å². The Morgan fingerprint density at radius 1 is 1.36 bits per heavy atom. The van der Waals surface area contributed by atoms with E-state index in [1.807, 2.05) is 0 Å². The summed E-state index contributed by atoms with van der Waals surface area (Å²) in [5.74, 6) is 2.76. The molecule has 1 aromatic heterocycles. The molecule has 0 radical (unpaired) electrons. The molecule has 4 nitrogen and oxygen atoms in total. The summed E-state index contributed by atoms with van der Waals surface area (Å²) in [7, 11) is 2.13. The van der Waals surface area contributed by atoms with Crippen molar-refractivity contribution in [3.8, 4) is 0 Å². The predicted octanol–water partition coefficient (Wildman–Crippen LogP) is 0.922. The molecule has 0 fully saturated rings. The maximum atomic E-state index is 4.55. The zero-order valence-corrected chi connectivity index (χ0v) is 9.19. The molecule has 0 aromatic carbocycles. The highest BCUT2D eigenvalue weighted by Crippen LogP contribution is 2.10. The van der Waals surface area contributed by atoms with Crippen molar-refractivity contribution in [2.24, 2.45) is 5.92 Å². The number of hydrogen-bond acceptors (Lipinski definition) is 3. The van der Waals surface area contributed by atoms with Gasteiger partial charge in [0.1, 0.15) is 5.82 Å². The smallest absolute Gasteiger partial charge is 0.151 e. The summed E-state index contributed by atoms with van der Waals surface area (Å²) in [5, 5.41) is 4.50. The summed E-state index contributed by atoms with van der Waals surface area (Å²) in [6.07, 6.45) is 0.990. The molecular weight excluding hydrogens is 176 g/mol. The van der Waals surface area contributed by atoms with Gasteiger partial charge in [-0.3, -0.25) is 4.90 Å². The summed E-state index contributed by atoms with van der Waals surface area (Å²) >= 11 is 0. The van der Waals surface area contributed by atoms with Gasteiger partial charge in [0, 0.05) is 13.0 Å². The Morgan fingerprint density at radius 2 is 2.14 bits per heavy atom. The van der Waals surface area contributed by atoms with Crippen molar-refractivity contribution in [2.75, 3.05) is 13.6 Å². The fraction of sp³-hybridized carbons (Fsp3) is 0.800. The summed E-state index contributed by atoms with van der Waals surface area (Å²) in [6, 6.07) is 0. The monoisotopic (exact) mass is 194 g/mol. The van der Waals surface area contributed by atoms with E-state index in [2.05, 4.69) is 40.6 Å². The van der Waals surface area contributed by atoms with E-state index in [9.17, 15) is 0 Å². The first-order chi connectivity index (χ1) is 6.65. The molecule has 2 rings (SSSR count). The van der Waals surface area contributed by atoms with Crippen LogP contribution in [0.15, 0.2) is 0 Å². The van der Waals surface area contributed by atoms with E-state index in [1.54, 1.807) is 0 Å². The van der Waals surface area contributed by atoms with Crippen molar-refractivity contribution in [1.82, 2.24) is 19.7 Å². The molecule has 1 aliphatic rings. The van der Waals surface area contributed by atoms with Gasteiger partial charge in [0.25, 0.3) is 0 Å². The number of fused-ring (bicyclic) bond motifs is 1. The molecule has 0 atom stereocenters. The number of aromatic nitrogens is 3. The van der Waals surface area contributed by atoms with Crippen LogP contribution in [0, 0.1) is 5.92 Å². The molecule has 2 heterocycles. The Kier molecular flexibility index (Phi) is 2.54. The third-order valence-corrected chi connectivity index (χ3v) is 2.49. The van der Waals surface area contributed by atoms with E-state index in [1.165, 1.54) is 0 Å². The lowest BCUT2D eigenvalue weighted by Gasteiger charge is -2.21.